The van der Waals surface area contributed by atoms with Gasteiger partial charge in [-0.2, -0.15) is 0 Å². The van der Waals surface area contributed by atoms with Crippen molar-refractivity contribution in [2.24, 2.45) is 0 Å². The van der Waals surface area contributed by atoms with E-state index in [9.17, 15) is 9.59 Å². The Morgan fingerprint density at radius 1 is 0.474 bits per heavy atom. The third-order valence-electron chi connectivity index (χ3n) is 10.9. The molecule has 0 amide bonds. The molecule has 1 aliphatic heterocycles. The zero-order valence-electron chi connectivity index (χ0n) is 31.6. The summed E-state index contributed by atoms with van der Waals surface area (Å²) in [6.45, 7) is 2.13. The highest BCUT2D eigenvalue weighted by Crippen LogP contribution is 2.50. The van der Waals surface area contributed by atoms with E-state index in [0.717, 1.165) is 66.8 Å². The fraction of sp³-hybridized carbons (Fsp3) is 0.0566. The molecule has 4 nitrogen and oxygen atoms in total. The number of methoxy groups -OCH3 is 1. The number of ketones is 2. The lowest BCUT2D eigenvalue weighted by Crippen LogP contribution is -2.35. The molecule has 0 bridgehead atoms. The van der Waals surface area contributed by atoms with Crippen molar-refractivity contribution in [3.63, 3.8) is 0 Å². The first kappa shape index (κ1) is 35.4. The highest BCUT2D eigenvalue weighted by molar-refractivity contribution is 6.09. The topological polar surface area (TPSA) is 52.6 Å². The van der Waals surface area contributed by atoms with Gasteiger partial charge in [-0.1, -0.05) is 182 Å². The minimum Gasteiger partial charge on any atom is -0.496 e. The SMILES string of the molecule is COc1cc2c(c3ccccc13)OC(c1ccc(-c3ccc(C(=O)c4ccccc4)cc3)cc1)(c1ccc(-c3ccc(C(=O)c4ccccc4)cc3)cc1)C=C2C. The maximum atomic E-state index is 13.1. The van der Waals surface area contributed by atoms with E-state index >= 15 is 0 Å². The molecule has 9 rings (SSSR count). The van der Waals surface area contributed by atoms with Gasteiger partial charge >= 0.3 is 0 Å². The number of rotatable bonds is 9. The first-order valence-corrected chi connectivity index (χ1v) is 19.0. The highest BCUT2D eigenvalue weighted by atomic mass is 16.5. The minimum atomic E-state index is -0.955. The lowest BCUT2D eigenvalue weighted by Gasteiger charge is -2.38. The van der Waals surface area contributed by atoms with Gasteiger partial charge in [-0.3, -0.25) is 9.59 Å². The maximum Gasteiger partial charge on any atom is 0.193 e. The Morgan fingerprint density at radius 2 is 0.860 bits per heavy atom. The van der Waals surface area contributed by atoms with Crippen molar-refractivity contribution < 1.29 is 19.1 Å². The van der Waals surface area contributed by atoms with Crippen LogP contribution in [-0.2, 0) is 5.60 Å². The van der Waals surface area contributed by atoms with Crippen molar-refractivity contribution in [1.29, 1.82) is 0 Å². The molecule has 0 N–H and O–H groups in total. The quantitative estimate of drug-likeness (QED) is 0.138. The molecule has 0 fully saturated rings. The molecule has 57 heavy (non-hydrogen) atoms. The third kappa shape index (κ3) is 6.51. The molecule has 1 heterocycles. The standard InChI is InChI=1S/C53H38O4/c1-35-34-53(57-52-47-16-10-9-15-46(47)49(56-2)33-48(35)52,44-29-25-38(26-30-44)36-17-21-42(22-18-36)50(54)40-11-5-3-6-12-40)45-31-27-39(28-32-45)37-19-23-43(24-20-37)51(55)41-13-7-4-8-14-41/h3-34H,1-2H3. The molecular weight excluding hydrogens is 701 g/mol. The second-order valence-electron chi connectivity index (χ2n) is 14.4. The number of fused-ring (bicyclic) bond motifs is 3. The fourth-order valence-corrected chi connectivity index (χ4v) is 7.87. The molecule has 8 aromatic rings. The Bertz CT molecular complexity index is 2640. The number of ether oxygens (including phenoxy) is 2. The van der Waals surface area contributed by atoms with Crippen LogP contribution in [0.3, 0.4) is 0 Å². The van der Waals surface area contributed by atoms with Gasteiger partial charge in [0.05, 0.1) is 7.11 Å². The summed E-state index contributed by atoms with van der Waals surface area (Å²) in [6, 6.07) is 61.5. The van der Waals surface area contributed by atoms with Gasteiger partial charge in [-0.15, -0.1) is 0 Å². The van der Waals surface area contributed by atoms with Gasteiger partial charge in [0.1, 0.15) is 11.5 Å². The van der Waals surface area contributed by atoms with Crippen molar-refractivity contribution in [3.8, 4) is 33.8 Å². The second kappa shape index (κ2) is 14.7. The number of hydrogen-bond donors (Lipinski definition) is 0. The summed E-state index contributed by atoms with van der Waals surface area (Å²) >= 11 is 0. The maximum absolute atomic E-state index is 13.1. The molecule has 0 spiro atoms. The van der Waals surface area contributed by atoms with E-state index in [4.69, 9.17) is 9.47 Å². The first-order chi connectivity index (χ1) is 27.9. The summed E-state index contributed by atoms with van der Waals surface area (Å²) in [7, 11) is 1.70. The van der Waals surface area contributed by atoms with Crippen LogP contribution in [0.2, 0.25) is 0 Å². The Labute approximate surface area is 332 Å². The summed E-state index contributed by atoms with van der Waals surface area (Å²) in [4.78, 5) is 26.1. The molecular formula is C53H38O4. The van der Waals surface area contributed by atoms with Gasteiger partial charge in [0.15, 0.2) is 17.2 Å². The Balaban J connectivity index is 1.09. The van der Waals surface area contributed by atoms with Crippen LogP contribution >= 0.6 is 0 Å². The van der Waals surface area contributed by atoms with E-state index in [-0.39, 0.29) is 11.6 Å². The molecule has 274 valence electrons. The Morgan fingerprint density at radius 3 is 1.30 bits per heavy atom. The van der Waals surface area contributed by atoms with Crippen LogP contribution in [0.15, 0.2) is 194 Å². The molecule has 0 aromatic heterocycles. The van der Waals surface area contributed by atoms with Crippen LogP contribution in [0.1, 0.15) is 55.5 Å². The predicted molar refractivity (Wildman–Crippen MR) is 229 cm³/mol. The molecule has 0 unspecified atom stereocenters. The van der Waals surface area contributed by atoms with Crippen LogP contribution < -0.4 is 9.47 Å². The van der Waals surface area contributed by atoms with Crippen molar-refractivity contribution >= 4 is 27.9 Å². The number of carbonyl (C=O) groups is 2. The molecule has 0 aliphatic carbocycles. The Kier molecular flexibility index (Phi) is 9.16. The van der Waals surface area contributed by atoms with Gasteiger partial charge < -0.3 is 9.47 Å². The van der Waals surface area contributed by atoms with Crippen molar-refractivity contribution in [2.75, 3.05) is 7.11 Å². The molecule has 0 saturated heterocycles. The van der Waals surface area contributed by atoms with Gasteiger partial charge in [0, 0.05) is 49.7 Å². The molecule has 0 saturated carbocycles. The van der Waals surface area contributed by atoms with Crippen LogP contribution in [0, 0.1) is 0 Å². The molecule has 1 aliphatic rings. The Hall–Kier alpha value is -7.30. The van der Waals surface area contributed by atoms with Gasteiger partial charge in [0.2, 0.25) is 0 Å². The smallest absolute Gasteiger partial charge is 0.193 e. The summed E-state index contributed by atoms with van der Waals surface area (Å²) in [6.07, 6.45) is 2.21. The number of carbonyl (C=O) groups excluding carboxylic acids is 2. The third-order valence-corrected chi connectivity index (χ3v) is 10.9. The van der Waals surface area contributed by atoms with E-state index < -0.39 is 5.60 Å². The van der Waals surface area contributed by atoms with Gasteiger partial charge in [0.25, 0.3) is 0 Å². The van der Waals surface area contributed by atoms with Crippen molar-refractivity contribution in [3.05, 3.63) is 233 Å². The number of benzene rings is 8. The van der Waals surface area contributed by atoms with Gasteiger partial charge in [-0.25, -0.2) is 0 Å². The molecule has 0 atom stereocenters. The minimum absolute atomic E-state index is 0.00247. The number of allylic oxidation sites excluding steroid dienone is 1. The van der Waals surface area contributed by atoms with E-state index in [2.05, 4.69) is 79.7 Å². The largest absolute Gasteiger partial charge is 0.496 e. The normalized spacial score (nSPS) is 12.9. The van der Waals surface area contributed by atoms with E-state index in [1.807, 2.05) is 121 Å². The summed E-state index contributed by atoms with van der Waals surface area (Å²) < 4.78 is 13.2. The number of hydrogen-bond acceptors (Lipinski definition) is 4. The monoisotopic (exact) mass is 738 g/mol. The lowest BCUT2D eigenvalue weighted by molar-refractivity contribution is 0.103. The predicted octanol–water partition coefficient (Wildman–Crippen LogP) is 12.4. The highest BCUT2D eigenvalue weighted by Gasteiger charge is 2.39. The van der Waals surface area contributed by atoms with Crippen LogP contribution in [-0.4, -0.2) is 18.7 Å². The summed E-state index contributed by atoms with van der Waals surface area (Å²) in [5.41, 5.74) is 9.80. The van der Waals surface area contributed by atoms with Crippen LogP contribution in [0.25, 0.3) is 38.6 Å². The summed E-state index contributed by atoms with van der Waals surface area (Å²) in [5, 5.41) is 1.96. The fourth-order valence-electron chi connectivity index (χ4n) is 7.87. The van der Waals surface area contributed by atoms with Crippen LogP contribution in [0.5, 0.6) is 11.5 Å². The summed E-state index contributed by atoms with van der Waals surface area (Å²) in [5.74, 6) is 1.61. The molecule has 4 heteroatoms. The zero-order valence-corrected chi connectivity index (χ0v) is 31.6. The van der Waals surface area contributed by atoms with E-state index in [1.54, 1.807) is 7.11 Å². The van der Waals surface area contributed by atoms with Crippen molar-refractivity contribution in [1.82, 2.24) is 0 Å². The van der Waals surface area contributed by atoms with E-state index in [1.165, 1.54) is 0 Å². The first-order valence-electron chi connectivity index (χ1n) is 19.0. The van der Waals surface area contributed by atoms with Crippen LogP contribution in [0.4, 0.5) is 0 Å². The zero-order chi connectivity index (χ0) is 38.9. The molecule has 8 aromatic carbocycles. The van der Waals surface area contributed by atoms with Crippen molar-refractivity contribution in [2.45, 2.75) is 12.5 Å². The average Bonchev–Trinajstić information content (AvgIpc) is 3.29. The van der Waals surface area contributed by atoms with Gasteiger partial charge in [-0.05, 0) is 46.9 Å². The average molecular weight is 739 g/mol. The lowest BCUT2D eigenvalue weighted by atomic mass is 9.80. The molecule has 0 radical (unpaired) electrons. The van der Waals surface area contributed by atoms with E-state index in [0.29, 0.717) is 22.3 Å². The second-order valence-corrected chi connectivity index (χ2v) is 14.4.